The highest BCUT2D eigenvalue weighted by atomic mass is 32.2. The van der Waals surface area contributed by atoms with Gasteiger partial charge in [-0.25, -0.2) is 21.6 Å². The third-order valence-electron chi connectivity index (χ3n) is 3.49. The summed E-state index contributed by atoms with van der Waals surface area (Å²) in [5, 5.41) is 0. The van der Waals surface area contributed by atoms with Gasteiger partial charge in [-0.1, -0.05) is 25.1 Å². The lowest BCUT2D eigenvalue weighted by molar-refractivity contribution is 0.474. The maximum Gasteiger partial charge on any atom is 0.247 e. The number of sulfonamides is 1. The van der Waals surface area contributed by atoms with Gasteiger partial charge in [0, 0.05) is 12.1 Å². The summed E-state index contributed by atoms with van der Waals surface area (Å²) in [6.07, 6.45) is 2.08. The highest BCUT2D eigenvalue weighted by Gasteiger charge is 2.42. The highest BCUT2D eigenvalue weighted by molar-refractivity contribution is 7.89. The molecule has 1 aliphatic rings. The summed E-state index contributed by atoms with van der Waals surface area (Å²) in [4.78, 5) is -1.31. The van der Waals surface area contributed by atoms with Gasteiger partial charge in [-0.2, -0.15) is 4.72 Å². The topological polar surface area (TPSA) is 72.2 Å². The Hall–Kier alpha value is -1.19. The van der Waals surface area contributed by atoms with Gasteiger partial charge in [-0.15, -0.1) is 0 Å². The van der Waals surface area contributed by atoms with Crippen LogP contribution in [0, 0.1) is 17.5 Å². The molecule has 0 bridgehead atoms. The Morgan fingerprint density at radius 2 is 1.67 bits per heavy atom. The zero-order chi connectivity index (χ0) is 15.8. The Morgan fingerprint density at radius 1 is 1.19 bits per heavy atom. The number of hydrogen-bond donors (Lipinski definition) is 2. The van der Waals surface area contributed by atoms with Crippen molar-refractivity contribution in [3.8, 4) is 0 Å². The van der Waals surface area contributed by atoms with Gasteiger partial charge in [-0.3, -0.25) is 0 Å². The highest BCUT2D eigenvalue weighted by Crippen LogP contribution is 2.32. The normalized spacial score (nSPS) is 17.9. The van der Waals surface area contributed by atoms with Crippen LogP contribution >= 0.6 is 12.2 Å². The molecule has 4 nitrogen and oxygen atoms in total. The van der Waals surface area contributed by atoms with Crippen molar-refractivity contribution >= 4 is 27.2 Å². The van der Waals surface area contributed by atoms with E-state index in [1.54, 1.807) is 0 Å². The zero-order valence-corrected chi connectivity index (χ0v) is 12.5. The van der Waals surface area contributed by atoms with E-state index in [1.165, 1.54) is 0 Å². The molecule has 116 valence electrons. The minimum absolute atomic E-state index is 0.0773. The molecule has 1 fully saturated rings. The van der Waals surface area contributed by atoms with Crippen LogP contribution in [0.1, 0.15) is 25.7 Å². The van der Waals surface area contributed by atoms with E-state index in [0.717, 1.165) is 0 Å². The summed E-state index contributed by atoms with van der Waals surface area (Å²) < 4.78 is 66.8. The summed E-state index contributed by atoms with van der Waals surface area (Å²) in [7, 11) is -4.56. The van der Waals surface area contributed by atoms with E-state index in [-0.39, 0.29) is 4.99 Å². The second kappa shape index (κ2) is 5.54. The molecule has 0 aliphatic heterocycles. The van der Waals surface area contributed by atoms with Crippen molar-refractivity contribution in [1.29, 1.82) is 0 Å². The number of nitrogens with two attached hydrogens (primary N) is 1. The Labute approximate surface area is 125 Å². The molecule has 9 heteroatoms. The molecule has 0 spiro atoms. The monoisotopic (exact) mass is 338 g/mol. The summed E-state index contributed by atoms with van der Waals surface area (Å²) in [6.45, 7) is 0. The van der Waals surface area contributed by atoms with Gasteiger partial charge in [0.1, 0.15) is 17.5 Å². The quantitative estimate of drug-likeness (QED) is 0.824. The molecule has 1 aliphatic carbocycles. The summed E-state index contributed by atoms with van der Waals surface area (Å²) in [5.74, 6) is -4.21. The minimum Gasteiger partial charge on any atom is -0.392 e. The number of halogens is 3. The fraction of sp³-hybridized carbons (Fsp3) is 0.417. The first-order valence-electron chi connectivity index (χ1n) is 6.16. The summed E-state index contributed by atoms with van der Waals surface area (Å²) in [5.41, 5.74) is 4.38. The Kier molecular flexibility index (Phi) is 4.27. The van der Waals surface area contributed by atoms with Crippen LogP contribution in [-0.2, 0) is 10.0 Å². The molecular weight excluding hydrogens is 325 g/mol. The largest absolute Gasteiger partial charge is 0.392 e. The van der Waals surface area contributed by atoms with Crippen molar-refractivity contribution in [2.45, 2.75) is 36.1 Å². The SMILES string of the molecule is NC(=S)C1(NS(=O)(=O)c2c(F)cc(F)cc2F)CCCC1. The standard InChI is InChI=1S/C12H13F3N2O2S2/c13-7-5-8(14)10(9(15)6-7)21(18,19)17-12(11(16)20)3-1-2-4-12/h5-6,17H,1-4H2,(H2,16,20). The van der Waals surface area contributed by atoms with Crippen LogP contribution in [0.4, 0.5) is 13.2 Å². The van der Waals surface area contributed by atoms with E-state index in [9.17, 15) is 21.6 Å². The van der Waals surface area contributed by atoms with Crippen molar-refractivity contribution in [3.05, 3.63) is 29.6 Å². The van der Waals surface area contributed by atoms with Gasteiger partial charge in [0.25, 0.3) is 0 Å². The molecule has 0 atom stereocenters. The molecule has 3 N–H and O–H groups in total. The van der Waals surface area contributed by atoms with Gasteiger partial charge >= 0.3 is 0 Å². The Bertz CT molecular complexity index is 663. The second-order valence-corrected chi connectivity index (χ2v) is 7.02. The molecule has 0 radical (unpaired) electrons. The van der Waals surface area contributed by atoms with Crippen molar-refractivity contribution in [2.75, 3.05) is 0 Å². The van der Waals surface area contributed by atoms with Crippen LogP contribution in [0.3, 0.4) is 0 Å². The number of nitrogens with one attached hydrogen (secondary N) is 1. The number of rotatable bonds is 4. The van der Waals surface area contributed by atoms with Crippen molar-refractivity contribution in [1.82, 2.24) is 4.72 Å². The molecule has 0 heterocycles. The fourth-order valence-corrected chi connectivity index (χ4v) is 4.35. The van der Waals surface area contributed by atoms with Gasteiger partial charge in [-0.05, 0) is 12.8 Å². The average Bonchev–Trinajstić information content (AvgIpc) is 2.75. The van der Waals surface area contributed by atoms with Crippen molar-refractivity contribution in [3.63, 3.8) is 0 Å². The minimum atomic E-state index is -4.56. The van der Waals surface area contributed by atoms with Crippen LogP contribution < -0.4 is 10.5 Å². The van der Waals surface area contributed by atoms with Crippen LogP contribution in [0.15, 0.2) is 17.0 Å². The third-order valence-corrected chi connectivity index (χ3v) is 5.47. The van der Waals surface area contributed by atoms with Crippen LogP contribution in [-0.4, -0.2) is 18.9 Å². The molecule has 2 rings (SSSR count). The summed E-state index contributed by atoms with van der Waals surface area (Å²) in [6, 6.07) is 0.611. The lowest BCUT2D eigenvalue weighted by atomic mass is 10.00. The first-order valence-corrected chi connectivity index (χ1v) is 8.05. The predicted molar refractivity (Wildman–Crippen MR) is 74.6 cm³/mol. The van der Waals surface area contributed by atoms with E-state index in [1.807, 2.05) is 0 Å². The zero-order valence-electron chi connectivity index (χ0n) is 10.8. The van der Waals surface area contributed by atoms with Gasteiger partial charge < -0.3 is 5.73 Å². The molecule has 1 aromatic carbocycles. The third kappa shape index (κ3) is 3.04. The fourth-order valence-electron chi connectivity index (χ4n) is 2.47. The molecule has 21 heavy (non-hydrogen) atoms. The average molecular weight is 338 g/mol. The number of benzene rings is 1. The van der Waals surface area contributed by atoms with Gasteiger partial charge in [0.15, 0.2) is 4.90 Å². The van der Waals surface area contributed by atoms with Crippen LogP contribution in [0.5, 0.6) is 0 Å². The first kappa shape index (κ1) is 16.2. The van der Waals surface area contributed by atoms with E-state index >= 15 is 0 Å². The molecule has 0 unspecified atom stereocenters. The van der Waals surface area contributed by atoms with Crippen LogP contribution in [0.25, 0.3) is 0 Å². The van der Waals surface area contributed by atoms with Gasteiger partial charge in [0.05, 0.1) is 10.5 Å². The lowest BCUT2D eigenvalue weighted by Crippen LogP contribution is -2.54. The van der Waals surface area contributed by atoms with E-state index < -0.39 is 37.9 Å². The smallest absolute Gasteiger partial charge is 0.247 e. The number of thiocarbonyl (C=S) groups is 1. The molecule has 1 saturated carbocycles. The van der Waals surface area contributed by atoms with Crippen molar-refractivity contribution < 1.29 is 21.6 Å². The molecule has 0 amide bonds. The van der Waals surface area contributed by atoms with E-state index in [2.05, 4.69) is 4.72 Å². The Morgan fingerprint density at radius 3 is 2.10 bits per heavy atom. The predicted octanol–water partition coefficient (Wildman–Crippen LogP) is 1.98. The van der Waals surface area contributed by atoms with E-state index in [0.29, 0.717) is 37.8 Å². The maximum absolute atomic E-state index is 13.6. The van der Waals surface area contributed by atoms with E-state index in [4.69, 9.17) is 18.0 Å². The number of hydrogen-bond acceptors (Lipinski definition) is 3. The molecule has 0 aromatic heterocycles. The Balaban J connectivity index is 2.46. The van der Waals surface area contributed by atoms with Crippen molar-refractivity contribution in [2.24, 2.45) is 5.73 Å². The second-order valence-electron chi connectivity index (χ2n) is 4.96. The van der Waals surface area contributed by atoms with Crippen LogP contribution in [0.2, 0.25) is 0 Å². The molecule has 1 aromatic rings. The summed E-state index contributed by atoms with van der Waals surface area (Å²) >= 11 is 4.88. The molecular formula is C12H13F3N2O2S2. The first-order chi connectivity index (χ1) is 9.68. The maximum atomic E-state index is 13.6. The van der Waals surface area contributed by atoms with Gasteiger partial charge in [0.2, 0.25) is 10.0 Å². The lowest BCUT2D eigenvalue weighted by Gasteiger charge is -2.28. The molecule has 0 saturated heterocycles.